The molecule has 1 atom stereocenters. The Morgan fingerprint density at radius 1 is 1.23 bits per heavy atom. The number of hydrogen-bond donors (Lipinski definition) is 2. The van der Waals surface area contributed by atoms with Crippen molar-refractivity contribution in [1.29, 1.82) is 0 Å². The molecule has 0 saturated carbocycles. The topological polar surface area (TPSA) is 109 Å². The summed E-state index contributed by atoms with van der Waals surface area (Å²) in [5.41, 5.74) is 0.687. The fourth-order valence-electron chi connectivity index (χ4n) is 3.89. The van der Waals surface area contributed by atoms with E-state index in [1.54, 1.807) is 48.5 Å². The van der Waals surface area contributed by atoms with Crippen LogP contribution < -0.4 is 9.47 Å². The van der Waals surface area contributed by atoms with E-state index in [2.05, 4.69) is 22.5 Å². The molecule has 35 heavy (non-hydrogen) atoms. The third-order valence-electron chi connectivity index (χ3n) is 5.53. The maximum Gasteiger partial charge on any atom is 0.296 e. The first-order valence-electron chi connectivity index (χ1n) is 10.6. The van der Waals surface area contributed by atoms with Crippen molar-refractivity contribution in [2.24, 2.45) is 0 Å². The molecule has 1 aromatic heterocycles. The van der Waals surface area contributed by atoms with E-state index < -0.39 is 17.7 Å². The zero-order valence-electron chi connectivity index (χ0n) is 18.7. The maximum atomic E-state index is 13.2. The van der Waals surface area contributed by atoms with Crippen LogP contribution in [0.4, 0.5) is 0 Å². The largest absolute Gasteiger partial charge is 0.507 e. The number of aliphatic hydroxyl groups excluding tert-OH is 1. The summed E-state index contributed by atoms with van der Waals surface area (Å²) in [6.07, 6.45) is 3.08. The number of phenols is 1. The number of furan rings is 1. The minimum absolute atomic E-state index is 0.00579. The summed E-state index contributed by atoms with van der Waals surface area (Å²) in [4.78, 5) is 27.6. The van der Waals surface area contributed by atoms with Crippen LogP contribution in [0.25, 0.3) is 5.76 Å². The SMILES string of the molecule is C=CCOc1ccc(/C(O)=C2/C(=O)C(=O)N(Cc3ccco3)C2c2cc(Br)c(O)c(OC)c2)cc1. The summed E-state index contributed by atoms with van der Waals surface area (Å²) in [5.74, 6) is -0.935. The first-order chi connectivity index (χ1) is 16.8. The molecule has 1 fully saturated rings. The van der Waals surface area contributed by atoms with Gasteiger partial charge in [-0.3, -0.25) is 9.59 Å². The van der Waals surface area contributed by atoms with Crippen LogP contribution in [0.3, 0.4) is 0 Å². The van der Waals surface area contributed by atoms with Crippen LogP contribution in [-0.2, 0) is 16.1 Å². The Hall–Kier alpha value is -3.98. The lowest BCUT2D eigenvalue weighted by Gasteiger charge is -2.25. The van der Waals surface area contributed by atoms with Gasteiger partial charge in [-0.25, -0.2) is 0 Å². The van der Waals surface area contributed by atoms with Gasteiger partial charge in [0.25, 0.3) is 11.7 Å². The second-order valence-electron chi connectivity index (χ2n) is 7.68. The molecular formula is C26H22BrNO7. The van der Waals surface area contributed by atoms with Gasteiger partial charge in [0.15, 0.2) is 11.5 Å². The maximum absolute atomic E-state index is 13.2. The number of rotatable bonds is 8. The number of halogens is 1. The van der Waals surface area contributed by atoms with Crippen molar-refractivity contribution < 1.29 is 33.7 Å². The summed E-state index contributed by atoms with van der Waals surface area (Å²) in [5, 5.41) is 21.5. The molecule has 0 aliphatic carbocycles. The highest BCUT2D eigenvalue weighted by Crippen LogP contribution is 2.45. The summed E-state index contributed by atoms with van der Waals surface area (Å²) < 4.78 is 16.4. The highest BCUT2D eigenvalue weighted by Gasteiger charge is 2.46. The van der Waals surface area contributed by atoms with E-state index >= 15 is 0 Å². The van der Waals surface area contributed by atoms with Gasteiger partial charge in [0.1, 0.15) is 23.9 Å². The van der Waals surface area contributed by atoms with E-state index in [-0.39, 0.29) is 29.4 Å². The molecule has 0 bridgehead atoms. The number of phenolic OH excluding ortho intramolecular Hbond substituents is 1. The van der Waals surface area contributed by atoms with Crippen LogP contribution in [0.2, 0.25) is 0 Å². The minimum Gasteiger partial charge on any atom is -0.507 e. The minimum atomic E-state index is -0.970. The number of methoxy groups -OCH3 is 1. The van der Waals surface area contributed by atoms with Gasteiger partial charge in [-0.1, -0.05) is 12.7 Å². The standard InChI is InChI=1S/C26H22BrNO7/c1-3-10-34-17-8-6-15(7-9-17)23(29)21-22(16-12-19(27)24(30)20(13-16)33-2)28(26(32)25(21)31)14-18-5-4-11-35-18/h3-9,11-13,22,29-30H,1,10,14H2,2H3/b23-21-. The first-order valence-corrected chi connectivity index (χ1v) is 11.4. The van der Waals surface area contributed by atoms with Gasteiger partial charge in [0.2, 0.25) is 0 Å². The zero-order valence-corrected chi connectivity index (χ0v) is 20.3. The van der Waals surface area contributed by atoms with Gasteiger partial charge in [-0.15, -0.1) is 0 Å². The molecule has 9 heteroatoms. The van der Waals surface area contributed by atoms with E-state index in [0.717, 1.165) is 0 Å². The quantitative estimate of drug-likeness (QED) is 0.180. The highest BCUT2D eigenvalue weighted by molar-refractivity contribution is 9.10. The Morgan fingerprint density at radius 2 is 1.97 bits per heavy atom. The van der Waals surface area contributed by atoms with Crippen LogP contribution >= 0.6 is 15.9 Å². The van der Waals surface area contributed by atoms with E-state index in [4.69, 9.17) is 13.9 Å². The molecule has 3 aromatic rings. The smallest absolute Gasteiger partial charge is 0.296 e. The molecule has 8 nitrogen and oxygen atoms in total. The van der Waals surface area contributed by atoms with Gasteiger partial charge < -0.3 is 29.0 Å². The number of ether oxygens (including phenoxy) is 2. The second kappa shape index (κ2) is 10.1. The molecule has 2 heterocycles. The number of carbonyl (C=O) groups excluding carboxylic acids is 2. The lowest BCUT2D eigenvalue weighted by atomic mass is 9.95. The molecule has 1 unspecified atom stereocenters. The monoisotopic (exact) mass is 539 g/mol. The third-order valence-corrected chi connectivity index (χ3v) is 6.13. The highest BCUT2D eigenvalue weighted by atomic mass is 79.9. The Bertz CT molecular complexity index is 1300. The number of amides is 1. The van der Waals surface area contributed by atoms with Gasteiger partial charge >= 0.3 is 0 Å². The lowest BCUT2D eigenvalue weighted by Crippen LogP contribution is -2.29. The summed E-state index contributed by atoms with van der Waals surface area (Å²) in [6.45, 7) is 3.92. The van der Waals surface area contributed by atoms with E-state index in [1.807, 2.05) is 0 Å². The van der Waals surface area contributed by atoms with Crippen molar-refractivity contribution >= 4 is 33.4 Å². The number of carbonyl (C=O) groups is 2. The number of benzene rings is 2. The summed E-state index contributed by atoms with van der Waals surface area (Å²) in [7, 11) is 1.39. The van der Waals surface area contributed by atoms with Crippen molar-refractivity contribution in [3.8, 4) is 17.2 Å². The second-order valence-corrected chi connectivity index (χ2v) is 8.54. The van der Waals surface area contributed by atoms with Crippen molar-refractivity contribution in [3.05, 3.63) is 94.4 Å². The number of likely N-dealkylation sites (tertiary alicyclic amines) is 1. The Labute approximate surface area is 209 Å². The number of nitrogens with zero attached hydrogens (tertiary/aromatic N) is 1. The Morgan fingerprint density at radius 3 is 2.60 bits per heavy atom. The van der Waals surface area contributed by atoms with E-state index in [9.17, 15) is 19.8 Å². The third kappa shape index (κ3) is 4.67. The zero-order chi connectivity index (χ0) is 25.1. The number of aliphatic hydroxyl groups is 1. The lowest BCUT2D eigenvalue weighted by molar-refractivity contribution is -0.140. The predicted octanol–water partition coefficient (Wildman–Crippen LogP) is 4.94. The fourth-order valence-corrected chi connectivity index (χ4v) is 4.35. The van der Waals surface area contributed by atoms with Gasteiger partial charge in [0.05, 0.1) is 36.0 Å². The fraction of sp³-hybridized carbons (Fsp3) is 0.154. The molecule has 1 amide bonds. The average molecular weight is 540 g/mol. The number of Topliss-reactive ketones (excluding diaryl/α,β-unsaturated/α-hetero) is 1. The molecule has 2 N–H and O–H groups in total. The molecule has 1 saturated heterocycles. The molecule has 0 spiro atoms. The molecule has 4 rings (SSSR count). The van der Waals surface area contributed by atoms with Gasteiger partial charge in [0, 0.05) is 5.56 Å². The van der Waals surface area contributed by atoms with Crippen LogP contribution in [-0.4, -0.2) is 40.5 Å². The summed E-state index contributed by atoms with van der Waals surface area (Å²) in [6, 6.07) is 12.0. The van der Waals surface area contributed by atoms with Crippen LogP contribution in [0, 0.1) is 0 Å². The van der Waals surface area contributed by atoms with Gasteiger partial charge in [-0.05, 0) is 70.0 Å². The average Bonchev–Trinajstić information content (AvgIpc) is 3.46. The summed E-state index contributed by atoms with van der Waals surface area (Å²) >= 11 is 3.29. The van der Waals surface area contributed by atoms with Crippen LogP contribution in [0.15, 0.2) is 81.9 Å². The number of hydrogen-bond acceptors (Lipinski definition) is 7. The number of ketones is 1. The number of aromatic hydroxyl groups is 1. The van der Waals surface area contributed by atoms with Crippen molar-refractivity contribution in [3.63, 3.8) is 0 Å². The molecule has 1 aliphatic heterocycles. The Kier molecular flexibility index (Phi) is 6.97. The van der Waals surface area contributed by atoms with Crippen LogP contribution in [0.1, 0.15) is 22.9 Å². The van der Waals surface area contributed by atoms with Crippen molar-refractivity contribution in [2.75, 3.05) is 13.7 Å². The normalized spacial score (nSPS) is 17.0. The van der Waals surface area contributed by atoms with Crippen molar-refractivity contribution in [1.82, 2.24) is 4.90 Å². The first kappa shape index (κ1) is 24.2. The molecular weight excluding hydrogens is 518 g/mol. The van der Waals surface area contributed by atoms with Gasteiger partial charge in [-0.2, -0.15) is 0 Å². The van der Waals surface area contributed by atoms with Crippen molar-refractivity contribution in [2.45, 2.75) is 12.6 Å². The van der Waals surface area contributed by atoms with E-state index in [0.29, 0.717) is 33.7 Å². The molecule has 0 radical (unpaired) electrons. The van der Waals surface area contributed by atoms with E-state index in [1.165, 1.54) is 24.3 Å². The van der Waals surface area contributed by atoms with Crippen LogP contribution in [0.5, 0.6) is 17.2 Å². The predicted molar refractivity (Wildman–Crippen MR) is 131 cm³/mol. The Balaban J connectivity index is 1.85. The molecule has 2 aromatic carbocycles. The molecule has 180 valence electrons. The molecule has 1 aliphatic rings.